The number of aryl methyl sites for hydroxylation is 1. The Bertz CT molecular complexity index is 1050. The summed E-state index contributed by atoms with van der Waals surface area (Å²) in [4.78, 5) is 29.0. The summed E-state index contributed by atoms with van der Waals surface area (Å²) in [7, 11) is 0. The number of oxazole rings is 1. The highest BCUT2D eigenvalue weighted by molar-refractivity contribution is 5.97. The van der Waals surface area contributed by atoms with E-state index in [1.54, 1.807) is 30.5 Å². The summed E-state index contributed by atoms with van der Waals surface area (Å²) in [5.41, 5.74) is 2.83. The Balaban J connectivity index is 1.41. The van der Waals surface area contributed by atoms with Gasteiger partial charge in [-0.1, -0.05) is 42.0 Å². The highest BCUT2D eigenvalue weighted by Gasteiger charge is 2.20. The van der Waals surface area contributed by atoms with Gasteiger partial charge in [-0.2, -0.15) is 0 Å². The van der Waals surface area contributed by atoms with Crippen LogP contribution in [0, 0.1) is 6.92 Å². The average molecular weight is 420 g/mol. The molecule has 0 spiro atoms. The van der Waals surface area contributed by atoms with Crippen LogP contribution in [0.25, 0.3) is 22.8 Å². The fraction of sp³-hybridized carbons (Fsp3) is 0.292. The number of hydrogen-bond donors (Lipinski definition) is 1. The van der Waals surface area contributed by atoms with E-state index < -0.39 is 5.97 Å². The second kappa shape index (κ2) is 9.57. The fourth-order valence-corrected chi connectivity index (χ4v) is 3.39. The van der Waals surface area contributed by atoms with Gasteiger partial charge in [0.25, 0.3) is 5.91 Å². The van der Waals surface area contributed by atoms with Crippen LogP contribution in [0.5, 0.6) is 0 Å². The van der Waals surface area contributed by atoms with E-state index in [1.807, 2.05) is 31.2 Å². The average Bonchev–Trinajstić information content (AvgIpc) is 3.49. The maximum absolute atomic E-state index is 12.6. The summed E-state index contributed by atoms with van der Waals surface area (Å²) in [5.74, 6) is -0.0605. The molecule has 3 aromatic rings. The zero-order chi connectivity index (χ0) is 21.6. The first-order valence-corrected chi connectivity index (χ1v) is 10.3. The van der Waals surface area contributed by atoms with E-state index in [-0.39, 0.29) is 24.2 Å². The number of benzene rings is 2. The highest BCUT2D eigenvalue weighted by atomic mass is 16.5. The molecule has 1 aliphatic rings. The van der Waals surface area contributed by atoms with E-state index in [9.17, 15) is 9.59 Å². The quantitative estimate of drug-likeness (QED) is 0.585. The summed E-state index contributed by atoms with van der Waals surface area (Å²) in [6.45, 7) is 2.80. The molecule has 7 heteroatoms. The molecule has 0 radical (unpaired) electrons. The van der Waals surface area contributed by atoms with Crippen LogP contribution in [-0.4, -0.2) is 42.7 Å². The first-order valence-electron chi connectivity index (χ1n) is 10.3. The van der Waals surface area contributed by atoms with E-state index in [4.69, 9.17) is 13.9 Å². The zero-order valence-corrected chi connectivity index (χ0v) is 17.3. The second-order valence-electron chi connectivity index (χ2n) is 7.46. The minimum Gasteiger partial charge on any atom is -0.452 e. The lowest BCUT2D eigenvalue weighted by molar-refractivity contribution is -0.124. The monoisotopic (exact) mass is 420 g/mol. The van der Waals surface area contributed by atoms with Crippen molar-refractivity contribution < 1.29 is 23.5 Å². The molecule has 160 valence electrons. The van der Waals surface area contributed by atoms with Crippen LogP contribution in [-0.2, 0) is 14.3 Å². The Kier molecular flexibility index (Phi) is 6.43. The van der Waals surface area contributed by atoms with Crippen molar-refractivity contribution in [1.82, 2.24) is 10.3 Å². The predicted octanol–water partition coefficient (Wildman–Crippen LogP) is 3.77. The lowest BCUT2D eigenvalue weighted by atomic mass is 10.1. The van der Waals surface area contributed by atoms with Gasteiger partial charge in [0.15, 0.2) is 12.4 Å². The number of hydrogen-bond acceptors (Lipinski definition) is 6. The van der Waals surface area contributed by atoms with Crippen LogP contribution in [0.15, 0.2) is 59.1 Å². The van der Waals surface area contributed by atoms with Gasteiger partial charge >= 0.3 is 5.97 Å². The van der Waals surface area contributed by atoms with Crippen molar-refractivity contribution in [3.05, 3.63) is 65.9 Å². The number of carbonyl (C=O) groups excluding carboxylic acids is 2. The number of nitrogens with zero attached hydrogens (tertiary/aromatic N) is 1. The van der Waals surface area contributed by atoms with Gasteiger partial charge in [-0.25, -0.2) is 9.78 Å². The van der Waals surface area contributed by atoms with Gasteiger partial charge in [-0.15, -0.1) is 0 Å². The fourth-order valence-electron chi connectivity index (χ4n) is 3.39. The van der Waals surface area contributed by atoms with Gasteiger partial charge in [-0.3, -0.25) is 4.79 Å². The normalized spacial score (nSPS) is 15.6. The number of rotatable bonds is 7. The van der Waals surface area contributed by atoms with E-state index in [2.05, 4.69) is 10.3 Å². The number of nitrogens with one attached hydrogen (secondary N) is 1. The van der Waals surface area contributed by atoms with Crippen molar-refractivity contribution in [1.29, 1.82) is 0 Å². The second-order valence-corrected chi connectivity index (χ2v) is 7.46. The summed E-state index contributed by atoms with van der Waals surface area (Å²) in [5, 5.41) is 2.73. The third-order valence-electron chi connectivity index (χ3n) is 5.10. The van der Waals surface area contributed by atoms with E-state index in [0.717, 1.165) is 30.6 Å². The van der Waals surface area contributed by atoms with Crippen LogP contribution < -0.4 is 5.32 Å². The zero-order valence-electron chi connectivity index (χ0n) is 17.3. The van der Waals surface area contributed by atoms with Gasteiger partial charge in [0.05, 0.1) is 23.4 Å². The molecule has 1 atom stereocenters. The van der Waals surface area contributed by atoms with E-state index in [0.29, 0.717) is 23.8 Å². The molecule has 7 nitrogen and oxygen atoms in total. The predicted molar refractivity (Wildman–Crippen MR) is 114 cm³/mol. The lowest BCUT2D eigenvalue weighted by Gasteiger charge is -2.11. The van der Waals surface area contributed by atoms with Crippen molar-refractivity contribution in [3.8, 4) is 22.8 Å². The van der Waals surface area contributed by atoms with Crippen molar-refractivity contribution in [2.45, 2.75) is 25.9 Å². The lowest BCUT2D eigenvalue weighted by Crippen LogP contribution is -2.34. The smallest absolute Gasteiger partial charge is 0.339 e. The Morgan fingerprint density at radius 3 is 2.74 bits per heavy atom. The molecule has 0 unspecified atom stereocenters. The molecule has 1 saturated heterocycles. The van der Waals surface area contributed by atoms with Crippen molar-refractivity contribution in [2.24, 2.45) is 0 Å². The number of carbonyl (C=O) groups is 2. The van der Waals surface area contributed by atoms with Crippen LogP contribution in [0.2, 0.25) is 0 Å². The number of esters is 1. The minimum atomic E-state index is -0.613. The molecule has 1 aliphatic heterocycles. The van der Waals surface area contributed by atoms with Crippen LogP contribution >= 0.6 is 0 Å². The number of aromatic nitrogens is 1. The van der Waals surface area contributed by atoms with Crippen LogP contribution in [0.4, 0.5) is 0 Å². The van der Waals surface area contributed by atoms with Gasteiger partial charge in [0, 0.05) is 18.7 Å². The summed E-state index contributed by atoms with van der Waals surface area (Å²) in [6.07, 6.45) is 3.58. The molecule has 0 saturated carbocycles. The molecular formula is C24H24N2O5. The molecule has 2 aromatic carbocycles. The van der Waals surface area contributed by atoms with Gasteiger partial charge in [-0.05, 0) is 31.9 Å². The largest absolute Gasteiger partial charge is 0.452 e. The molecule has 1 aromatic heterocycles. The first kappa shape index (κ1) is 20.8. The van der Waals surface area contributed by atoms with Gasteiger partial charge in [0.2, 0.25) is 5.89 Å². The SMILES string of the molecule is Cc1ccc(-c2cnc(-c3ccccc3C(=O)OCC(=O)NC[C@@H]3CCCO3)o2)cc1. The van der Waals surface area contributed by atoms with Gasteiger partial charge < -0.3 is 19.2 Å². The minimum absolute atomic E-state index is 0.0353. The first-order chi connectivity index (χ1) is 15.1. The molecule has 31 heavy (non-hydrogen) atoms. The summed E-state index contributed by atoms with van der Waals surface area (Å²) < 4.78 is 16.6. The Morgan fingerprint density at radius 1 is 1.16 bits per heavy atom. The van der Waals surface area contributed by atoms with E-state index >= 15 is 0 Å². The van der Waals surface area contributed by atoms with Crippen molar-refractivity contribution >= 4 is 11.9 Å². The third-order valence-corrected chi connectivity index (χ3v) is 5.10. The Hall–Kier alpha value is -3.45. The topological polar surface area (TPSA) is 90.7 Å². The van der Waals surface area contributed by atoms with Crippen LogP contribution in [0.1, 0.15) is 28.8 Å². The van der Waals surface area contributed by atoms with Crippen LogP contribution in [0.3, 0.4) is 0 Å². The maximum atomic E-state index is 12.6. The molecule has 2 heterocycles. The third kappa shape index (κ3) is 5.19. The molecule has 0 aliphatic carbocycles. The van der Waals surface area contributed by atoms with Crippen molar-refractivity contribution in [3.63, 3.8) is 0 Å². The molecule has 4 rings (SSSR count). The molecule has 0 bridgehead atoms. The summed E-state index contributed by atoms with van der Waals surface area (Å²) in [6, 6.07) is 14.8. The number of amides is 1. The Morgan fingerprint density at radius 2 is 1.97 bits per heavy atom. The standard InChI is InChI=1S/C24H24N2O5/c1-16-8-10-17(11-9-16)21-14-26-23(31-21)19-6-2-3-7-20(19)24(28)30-15-22(27)25-13-18-5-4-12-29-18/h2-3,6-11,14,18H,4-5,12-13,15H2,1H3,(H,25,27)/t18-/m0/s1. The van der Waals surface area contributed by atoms with Gasteiger partial charge in [0.1, 0.15) is 0 Å². The molecular weight excluding hydrogens is 396 g/mol. The molecule has 1 amide bonds. The highest BCUT2D eigenvalue weighted by Crippen LogP contribution is 2.28. The molecule has 1 N–H and O–H groups in total. The maximum Gasteiger partial charge on any atom is 0.339 e. The molecule has 1 fully saturated rings. The summed E-state index contributed by atoms with van der Waals surface area (Å²) >= 11 is 0. The van der Waals surface area contributed by atoms with E-state index in [1.165, 1.54) is 0 Å². The van der Waals surface area contributed by atoms with Crippen molar-refractivity contribution in [2.75, 3.05) is 19.8 Å². The Labute approximate surface area is 180 Å². The number of ether oxygens (including phenoxy) is 2.